The summed E-state index contributed by atoms with van der Waals surface area (Å²) in [6, 6.07) is 7.30. The molecule has 4 heteroatoms. The zero-order valence-electron chi connectivity index (χ0n) is 12.1. The van der Waals surface area contributed by atoms with Gasteiger partial charge in [0.05, 0.1) is 18.4 Å². The fourth-order valence-corrected chi connectivity index (χ4v) is 2.29. The van der Waals surface area contributed by atoms with E-state index in [4.69, 9.17) is 4.84 Å². The van der Waals surface area contributed by atoms with E-state index in [2.05, 4.69) is 16.8 Å². The number of rotatable bonds is 6. The maximum atomic E-state index is 11.4. The molecule has 1 aromatic rings. The molecule has 0 aromatic heterocycles. The highest BCUT2D eigenvalue weighted by atomic mass is 16.6. The maximum Gasteiger partial charge on any atom is 0.337 e. The quantitative estimate of drug-likeness (QED) is 0.589. The number of esters is 1. The molecule has 0 amide bonds. The Kier molecular flexibility index (Phi) is 5.16. The summed E-state index contributed by atoms with van der Waals surface area (Å²) in [5.41, 5.74) is 2.52. The predicted molar refractivity (Wildman–Crippen MR) is 78.0 cm³/mol. The minimum absolute atomic E-state index is 0.205. The van der Waals surface area contributed by atoms with Gasteiger partial charge in [-0.05, 0) is 30.5 Å². The summed E-state index contributed by atoms with van der Waals surface area (Å²) in [7, 11) is 1.38. The molecule has 0 saturated carbocycles. The van der Waals surface area contributed by atoms with Crippen LogP contribution in [0.15, 0.2) is 29.4 Å². The summed E-state index contributed by atoms with van der Waals surface area (Å²) < 4.78 is 4.68. The molecule has 0 unspecified atom stereocenters. The van der Waals surface area contributed by atoms with Crippen molar-refractivity contribution in [1.82, 2.24) is 0 Å². The number of oxime groups is 1. The average molecular weight is 275 g/mol. The van der Waals surface area contributed by atoms with E-state index < -0.39 is 0 Å². The lowest BCUT2D eigenvalue weighted by Crippen LogP contribution is -2.08. The zero-order valence-corrected chi connectivity index (χ0v) is 12.1. The first kappa shape index (κ1) is 14.6. The zero-order chi connectivity index (χ0) is 14.4. The van der Waals surface area contributed by atoms with Crippen LogP contribution in [0.3, 0.4) is 0 Å². The third kappa shape index (κ3) is 3.59. The van der Waals surface area contributed by atoms with E-state index >= 15 is 0 Å². The number of methoxy groups -OCH3 is 1. The molecule has 20 heavy (non-hydrogen) atoms. The van der Waals surface area contributed by atoms with Gasteiger partial charge in [0.15, 0.2) is 0 Å². The van der Waals surface area contributed by atoms with Crippen LogP contribution in [-0.2, 0) is 9.57 Å². The predicted octanol–water partition coefficient (Wildman–Crippen LogP) is 3.55. The number of nitrogens with zero attached hydrogens (tertiary/aromatic N) is 1. The topological polar surface area (TPSA) is 47.9 Å². The summed E-state index contributed by atoms with van der Waals surface area (Å²) in [5.74, 6) is -0.321. The molecule has 1 atom stereocenters. The van der Waals surface area contributed by atoms with Crippen LogP contribution in [0.4, 0.5) is 0 Å². The number of carbonyl (C=O) groups is 1. The number of benzene rings is 1. The second kappa shape index (κ2) is 7.08. The van der Waals surface area contributed by atoms with Crippen molar-refractivity contribution in [2.75, 3.05) is 7.11 Å². The minimum Gasteiger partial charge on any atom is -0.465 e. The number of ether oxygens (including phenoxy) is 1. The highest BCUT2D eigenvalue weighted by molar-refractivity contribution is 6.02. The summed E-state index contributed by atoms with van der Waals surface area (Å²) >= 11 is 0. The summed E-state index contributed by atoms with van der Waals surface area (Å²) in [5, 5.41) is 4.16. The van der Waals surface area contributed by atoms with Crippen LogP contribution in [0.5, 0.6) is 0 Å². The molecule has 108 valence electrons. The molecule has 1 aliphatic heterocycles. The molecule has 0 N–H and O–H groups in total. The van der Waals surface area contributed by atoms with E-state index in [0.717, 1.165) is 24.1 Å². The van der Waals surface area contributed by atoms with Gasteiger partial charge < -0.3 is 9.57 Å². The lowest BCUT2D eigenvalue weighted by molar-refractivity contribution is 0.0600. The van der Waals surface area contributed by atoms with E-state index in [1.165, 1.54) is 26.4 Å². The highest BCUT2D eigenvalue weighted by Crippen LogP contribution is 2.21. The van der Waals surface area contributed by atoms with Crippen LogP contribution in [0, 0.1) is 0 Å². The van der Waals surface area contributed by atoms with Crippen LogP contribution >= 0.6 is 0 Å². The van der Waals surface area contributed by atoms with Crippen molar-refractivity contribution in [2.45, 2.75) is 45.1 Å². The van der Waals surface area contributed by atoms with E-state index in [1.807, 2.05) is 12.1 Å². The molecule has 0 aliphatic carbocycles. The summed E-state index contributed by atoms with van der Waals surface area (Å²) in [6.07, 6.45) is 5.75. The first-order chi connectivity index (χ1) is 9.74. The molecule has 1 aromatic carbocycles. The molecular weight excluding hydrogens is 254 g/mol. The Morgan fingerprint density at radius 3 is 2.75 bits per heavy atom. The molecular formula is C16H21NO3. The Morgan fingerprint density at radius 2 is 2.10 bits per heavy atom. The van der Waals surface area contributed by atoms with Crippen molar-refractivity contribution in [3.63, 3.8) is 0 Å². The normalized spacial score (nSPS) is 17.5. The Labute approximate surface area is 119 Å². The van der Waals surface area contributed by atoms with Gasteiger partial charge in [-0.25, -0.2) is 4.79 Å². The SMILES string of the molecule is CCCCC[C@@H]1CC(c2ccc(C(=O)OC)cc2)=NO1. The van der Waals surface area contributed by atoms with Gasteiger partial charge in [0.25, 0.3) is 0 Å². The van der Waals surface area contributed by atoms with Gasteiger partial charge >= 0.3 is 5.97 Å². The van der Waals surface area contributed by atoms with Crippen molar-refractivity contribution >= 4 is 11.7 Å². The minimum atomic E-state index is -0.321. The third-order valence-corrected chi connectivity index (χ3v) is 3.50. The molecule has 0 radical (unpaired) electrons. The second-order valence-corrected chi connectivity index (χ2v) is 5.03. The lowest BCUT2D eigenvalue weighted by Gasteiger charge is -2.06. The molecule has 1 aliphatic rings. The summed E-state index contributed by atoms with van der Waals surface area (Å²) in [6.45, 7) is 2.19. The van der Waals surface area contributed by atoms with Crippen molar-refractivity contribution in [1.29, 1.82) is 0 Å². The van der Waals surface area contributed by atoms with Gasteiger partial charge in [0, 0.05) is 6.42 Å². The van der Waals surface area contributed by atoms with Crippen molar-refractivity contribution in [2.24, 2.45) is 5.16 Å². The van der Waals surface area contributed by atoms with Crippen LogP contribution < -0.4 is 0 Å². The molecule has 4 nitrogen and oxygen atoms in total. The fourth-order valence-electron chi connectivity index (χ4n) is 2.29. The first-order valence-electron chi connectivity index (χ1n) is 7.16. The first-order valence-corrected chi connectivity index (χ1v) is 7.16. The van der Waals surface area contributed by atoms with Gasteiger partial charge in [-0.3, -0.25) is 0 Å². The Bertz CT molecular complexity index is 479. The second-order valence-electron chi connectivity index (χ2n) is 5.03. The van der Waals surface area contributed by atoms with E-state index in [1.54, 1.807) is 12.1 Å². The maximum absolute atomic E-state index is 11.4. The van der Waals surface area contributed by atoms with Gasteiger partial charge in [0.1, 0.15) is 6.10 Å². The number of unbranched alkanes of at least 4 members (excludes halogenated alkanes) is 2. The molecule has 0 spiro atoms. The standard InChI is InChI=1S/C16H21NO3/c1-3-4-5-6-14-11-15(17-20-14)12-7-9-13(10-8-12)16(18)19-2/h7-10,14H,3-6,11H2,1-2H3/t14-/m1/s1. The van der Waals surface area contributed by atoms with Gasteiger partial charge in [-0.1, -0.05) is 37.1 Å². The van der Waals surface area contributed by atoms with Crippen molar-refractivity contribution < 1.29 is 14.4 Å². The van der Waals surface area contributed by atoms with E-state index in [0.29, 0.717) is 5.56 Å². The van der Waals surface area contributed by atoms with Gasteiger partial charge in [-0.2, -0.15) is 0 Å². The molecule has 0 fully saturated rings. The Hall–Kier alpha value is -1.84. The van der Waals surface area contributed by atoms with Crippen molar-refractivity contribution in [3.8, 4) is 0 Å². The lowest BCUT2D eigenvalue weighted by atomic mass is 10.0. The van der Waals surface area contributed by atoms with Crippen LogP contribution in [-0.4, -0.2) is 24.9 Å². The van der Waals surface area contributed by atoms with Crippen LogP contribution in [0.1, 0.15) is 54.9 Å². The molecule has 0 saturated heterocycles. The van der Waals surface area contributed by atoms with Gasteiger partial charge in [-0.15, -0.1) is 0 Å². The number of hydrogen-bond acceptors (Lipinski definition) is 4. The largest absolute Gasteiger partial charge is 0.465 e. The monoisotopic (exact) mass is 275 g/mol. The third-order valence-electron chi connectivity index (χ3n) is 3.50. The highest BCUT2D eigenvalue weighted by Gasteiger charge is 2.21. The Morgan fingerprint density at radius 1 is 1.35 bits per heavy atom. The number of hydrogen-bond donors (Lipinski definition) is 0. The molecule has 2 rings (SSSR count). The molecule has 0 bridgehead atoms. The van der Waals surface area contributed by atoms with E-state index in [-0.39, 0.29) is 12.1 Å². The van der Waals surface area contributed by atoms with Crippen LogP contribution in [0.2, 0.25) is 0 Å². The van der Waals surface area contributed by atoms with E-state index in [9.17, 15) is 4.79 Å². The number of carbonyl (C=O) groups excluding carboxylic acids is 1. The smallest absolute Gasteiger partial charge is 0.337 e. The average Bonchev–Trinajstić information content (AvgIpc) is 2.96. The van der Waals surface area contributed by atoms with Crippen LogP contribution in [0.25, 0.3) is 0 Å². The fraction of sp³-hybridized carbons (Fsp3) is 0.500. The summed E-state index contributed by atoms with van der Waals surface area (Å²) in [4.78, 5) is 16.8. The van der Waals surface area contributed by atoms with Crippen molar-refractivity contribution in [3.05, 3.63) is 35.4 Å². The molecule has 1 heterocycles. The van der Waals surface area contributed by atoms with Gasteiger partial charge in [0.2, 0.25) is 0 Å². The Balaban J connectivity index is 1.91.